The molecule has 0 fully saturated rings. The normalized spacial score (nSPS) is 9.17. The summed E-state index contributed by atoms with van der Waals surface area (Å²) in [6.45, 7) is 2.98. The number of esters is 2. The van der Waals surface area contributed by atoms with Crippen molar-refractivity contribution in [1.29, 1.82) is 0 Å². The average molecular weight is 176 g/mol. The van der Waals surface area contributed by atoms with Crippen molar-refractivity contribution in [3.8, 4) is 0 Å². The molecule has 12 heavy (non-hydrogen) atoms. The second-order valence-corrected chi connectivity index (χ2v) is 1.91. The predicted octanol–water partition coefficient (Wildman–Crippen LogP) is 0.0867. The van der Waals surface area contributed by atoms with Crippen molar-refractivity contribution < 1.29 is 23.8 Å². The maximum absolute atomic E-state index is 10.6. The lowest BCUT2D eigenvalue weighted by Crippen LogP contribution is -2.15. The molecule has 0 aromatic rings. The fourth-order valence-electron chi connectivity index (χ4n) is 0.405. The van der Waals surface area contributed by atoms with Crippen LogP contribution < -0.4 is 0 Å². The number of hydrogen-bond donors (Lipinski definition) is 0. The molecule has 0 spiro atoms. The van der Waals surface area contributed by atoms with Gasteiger partial charge in [0.15, 0.2) is 0 Å². The first-order valence-corrected chi connectivity index (χ1v) is 3.53. The van der Waals surface area contributed by atoms with Gasteiger partial charge in [0.05, 0.1) is 0 Å². The third kappa shape index (κ3) is 7.01. The van der Waals surface area contributed by atoms with Crippen LogP contribution in [0.3, 0.4) is 0 Å². The molecular formula is C7H12O5. The number of carbonyl (C=O) groups excluding carboxylic acids is 2. The molecule has 0 amide bonds. The van der Waals surface area contributed by atoms with Crippen LogP contribution in [0, 0.1) is 0 Å². The molecule has 0 unspecified atom stereocenters. The zero-order valence-electron chi connectivity index (χ0n) is 7.16. The molecule has 5 nitrogen and oxygen atoms in total. The van der Waals surface area contributed by atoms with Crippen LogP contribution in [0.4, 0.5) is 0 Å². The monoisotopic (exact) mass is 176 g/mol. The predicted molar refractivity (Wildman–Crippen MR) is 39.2 cm³/mol. The molecule has 0 aliphatic heterocycles. The lowest BCUT2D eigenvalue weighted by molar-refractivity contribution is -0.168. The maximum atomic E-state index is 10.6. The topological polar surface area (TPSA) is 61.8 Å². The van der Waals surface area contributed by atoms with Crippen molar-refractivity contribution in [2.45, 2.75) is 13.8 Å². The standard InChI is InChI=1S/C7H12O5/c1-3-10-4-7(9)12-5-11-6(2)8/h3-5H2,1-2H3. The van der Waals surface area contributed by atoms with Gasteiger partial charge in [-0.25, -0.2) is 4.79 Å². The molecule has 0 saturated carbocycles. The van der Waals surface area contributed by atoms with Crippen molar-refractivity contribution in [2.24, 2.45) is 0 Å². The zero-order chi connectivity index (χ0) is 9.40. The van der Waals surface area contributed by atoms with Gasteiger partial charge in [-0.05, 0) is 6.92 Å². The van der Waals surface area contributed by atoms with Gasteiger partial charge < -0.3 is 14.2 Å². The van der Waals surface area contributed by atoms with Crippen LogP contribution in [0.15, 0.2) is 0 Å². The Morgan fingerprint density at radius 3 is 2.42 bits per heavy atom. The summed E-state index contributed by atoms with van der Waals surface area (Å²) >= 11 is 0. The van der Waals surface area contributed by atoms with Crippen LogP contribution in [0.2, 0.25) is 0 Å². The van der Waals surface area contributed by atoms with Gasteiger partial charge >= 0.3 is 11.9 Å². The van der Waals surface area contributed by atoms with Crippen LogP contribution >= 0.6 is 0 Å². The molecule has 0 aliphatic carbocycles. The number of rotatable bonds is 5. The van der Waals surface area contributed by atoms with Gasteiger partial charge in [-0.1, -0.05) is 0 Å². The summed E-state index contributed by atoms with van der Waals surface area (Å²) in [5, 5.41) is 0. The molecule has 0 aromatic carbocycles. The molecule has 0 N–H and O–H groups in total. The minimum absolute atomic E-state index is 0.113. The second kappa shape index (κ2) is 6.60. The Bertz CT molecular complexity index is 154. The Kier molecular flexibility index (Phi) is 6.00. The first-order valence-electron chi connectivity index (χ1n) is 3.53. The second-order valence-electron chi connectivity index (χ2n) is 1.91. The van der Waals surface area contributed by atoms with Gasteiger partial charge in [0.2, 0.25) is 6.79 Å². The van der Waals surface area contributed by atoms with Gasteiger partial charge in [0.25, 0.3) is 0 Å². The molecule has 0 radical (unpaired) electrons. The van der Waals surface area contributed by atoms with E-state index < -0.39 is 11.9 Å². The van der Waals surface area contributed by atoms with Gasteiger partial charge in [0.1, 0.15) is 6.61 Å². The Balaban J connectivity index is 3.25. The van der Waals surface area contributed by atoms with E-state index >= 15 is 0 Å². The summed E-state index contributed by atoms with van der Waals surface area (Å²) in [4.78, 5) is 20.8. The van der Waals surface area contributed by atoms with Crippen LogP contribution in [0.25, 0.3) is 0 Å². The van der Waals surface area contributed by atoms with Gasteiger partial charge in [-0.15, -0.1) is 0 Å². The van der Waals surface area contributed by atoms with Crippen molar-refractivity contribution in [3.63, 3.8) is 0 Å². The third-order valence-electron chi connectivity index (χ3n) is 0.906. The highest BCUT2D eigenvalue weighted by atomic mass is 16.7. The molecule has 5 heteroatoms. The van der Waals surface area contributed by atoms with E-state index in [-0.39, 0.29) is 13.4 Å². The Hall–Kier alpha value is -1.10. The Labute approximate surface area is 70.6 Å². The largest absolute Gasteiger partial charge is 0.428 e. The molecule has 70 valence electrons. The van der Waals surface area contributed by atoms with Crippen LogP contribution in [0.1, 0.15) is 13.8 Å². The molecule has 0 heterocycles. The lowest BCUT2D eigenvalue weighted by atomic mass is 10.7. The fourth-order valence-corrected chi connectivity index (χ4v) is 0.405. The SMILES string of the molecule is CCOCC(=O)OCOC(C)=O. The summed E-state index contributed by atoms with van der Waals surface area (Å²) in [6.07, 6.45) is 0. The van der Waals surface area contributed by atoms with E-state index in [4.69, 9.17) is 4.74 Å². The van der Waals surface area contributed by atoms with E-state index in [1.165, 1.54) is 6.92 Å². The molecule has 0 aliphatic rings. The molecule has 0 atom stereocenters. The van der Waals surface area contributed by atoms with E-state index in [0.29, 0.717) is 6.61 Å². The van der Waals surface area contributed by atoms with E-state index in [2.05, 4.69) is 9.47 Å². The van der Waals surface area contributed by atoms with Gasteiger partial charge in [-0.3, -0.25) is 4.79 Å². The van der Waals surface area contributed by atoms with E-state index in [9.17, 15) is 9.59 Å². The van der Waals surface area contributed by atoms with E-state index in [0.717, 1.165) is 0 Å². The summed E-state index contributed by atoms with van der Waals surface area (Å²) < 4.78 is 13.5. The van der Waals surface area contributed by atoms with Crippen LogP contribution in [-0.2, 0) is 23.8 Å². The summed E-state index contributed by atoms with van der Waals surface area (Å²) in [6, 6.07) is 0. The highest BCUT2D eigenvalue weighted by Gasteiger charge is 2.01. The molecule has 0 rings (SSSR count). The molecular weight excluding hydrogens is 164 g/mol. The minimum atomic E-state index is -0.543. The minimum Gasteiger partial charge on any atom is -0.428 e. The quantitative estimate of drug-likeness (QED) is 0.438. The number of ether oxygens (including phenoxy) is 3. The maximum Gasteiger partial charge on any atom is 0.334 e. The lowest BCUT2D eigenvalue weighted by Gasteiger charge is -2.03. The van der Waals surface area contributed by atoms with Crippen molar-refractivity contribution in [2.75, 3.05) is 20.0 Å². The first kappa shape index (κ1) is 10.9. The summed E-state index contributed by atoms with van der Waals surface area (Å²) in [7, 11) is 0. The Morgan fingerprint density at radius 1 is 1.25 bits per heavy atom. The van der Waals surface area contributed by atoms with Crippen molar-refractivity contribution in [1.82, 2.24) is 0 Å². The number of carbonyl (C=O) groups is 2. The van der Waals surface area contributed by atoms with Crippen molar-refractivity contribution >= 4 is 11.9 Å². The van der Waals surface area contributed by atoms with Crippen LogP contribution in [-0.4, -0.2) is 31.9 Å². The van der Waals surface area contributed by atoms with E-state index in [1.54, 1.807) is 6.92 Å². The Morgan fingerprint density at radius 2 is 1.92 bits per heavy atom. The number of hydrogen-bond acceptors (Lipinski definition) is 5. The zero-order valence-corrected chi connectivity index (χ0v) is 7.16. The van der Waals surface area contributed by atoms with Crippen molar-refractivity contribution in [3.05, 3.63) is 0 Å². The highest BCUT2D eigenvalue weighted by molar-refractivity contribution is 5.71. The van der Waals surface area contributed by atoms with Gasteiger partial charge in [-0.2, -0.15) is 0 Å². The summed E-state index contributed by atoms with van der Waals surface area (Å²) in [5.41, 5.74) is 0. The molecule has 0 aromatic heterocycles. The third-order valence-corrected chi connectivity index (χ3v) is 0.906. The van der Waals surface area contributed by atoms with E-state index in [1.807, 2.05) is 0 Å². The fraction of sp³-hybridized carbons (Fsp3) is 0.714. The van der Waals surface area contributed by atoms with Crippen LogP contribution in [0.5, 0.6) is 0 Å². The average Bonchev–Trinajstić information content (AvgIpc) is 2.00. The molecule has 0 saturated heterocycles. The highest BCUT2D eigenvalue weighted by Crippen LogP contribution is 1.83. The smallest absolute Gasteiger partial charge is 0.334 e. The summed E-state index contributed by atoms with van der Waals surface area (Å²) in [5.74, 6) is -1.03. The molecule has 0 bridgehead atoms. The first-order chi connectivity index (χ1) is 5.66. The van der Waals surface area contributed by atoms with Gasteiger partial charge in [0, 0.05) is 13.5 Å².